The van der Waals surface area contributed by atoms with Crippen LogP contribution in [-0.2, 0) is 0 Å². The molecule has 3 aromatic rings. The lowest BCUT2D eigenvalue weighted by Gasteiger charge is -1.95. The number of nitrogens with zero attached hydrogens (tertiary/aromatic N) is 4. The van der Waals surface area contributed by atoms with Gasteiger partial charge in [0.2, 0.25) is 10.6 Å². The van der Waals surface area contributed by atoms with Crippen molar-refractivity contribution in [2.45, 2.75) is 13.8 Å². The number of hydrogen-bond donors (Lipinski definition) is 2. The third kappa shape index (κ3) is 2.32. The zero-order valence-corrected chi connectivity index (χ0v) is 11.7. The lowest BCUT2D eigenvalue weighted by atomic mass is 10.3. The molecular formula is C12H12N6OS. The number of aryl methyl sites for hydroxylation is 2. The highest BCUT2D eigenvalue weighted by molar-refractivity contribution is 7.71. The summed E-state index contributed by atoms with van der Waals surface area (Å²) >= 11 is 5.16. The molecule has 3 aromatic heterocycles. The molecule has 0 saturated heterocycles. The second kappa shape index (κ2) is 4.89. The van der Waals surface area contributed by atoms with E-state index in [1.54, 1.807) is 6.21 Å². The molecule has 0 amide bonds. The van der Waals surface area contributed by atoms with Crippen LogP contribution in [-0.4, -0.2) is 31.3 Å². The third-order valence-electron chi connectivity index (χ3n) is 2.65. The number of furan rings is 1. The van der Waals surface area contributed by atoms with Gasteiger partial charge in [-0.3, -0.25) is 5.10 Å². The Bertz CT molecular complexity index is 821. The minimum atomic E-state index is 0.389. The molecular weight excluding hydrogens is 276 g/mol. The lowest BCUT2D eigenvalue weighted by molar-refractivity contribution is 0.527. The first kappa shape index (κ1) is 12.5. The normalized spacial score (nSPS) is 11.5. The van der Waals surface area contributed by atoms with E-state index in [2.05, 4.69) is 25.5 Å². The Balaban J connectivity index is 1.99. The molecule has 3 rings (SSSR count). The fourth-order valence-electron chi connectivity index (χ4n) is 1.73. The van der Waals surface area contributed by atoms with Gasteiger partial charge >= 0.3 is 0 Å². The molecule has 0 aromatic carbocycles. The maximum atomic E-state index is 5.42. The van der Waals surface area contributed by atoms with Crippen molar-refractivity contribution in [1.82, 2.24) is 25.1 Å². The molecule has 7 nitrogen and oxygen atoms in total. The van der Waals surface area contributed by atoms with Gasteiger partial charge in [0.05, 0.1) is 6.21 Å². The van der Waals surface area contributed by atoms with Gasteiger partial charge in [0.1, 0.15) is 17.2 Å². The SMILES string of the molecule is Cc1cc(-c2n[nH]c(=S)n2/N=C\c2ccc(C)o2)n[nH]1. The number of aromatic amines is 2. The molecule has 0 saturated carbocycles. The van der Waals surface area contributed by atoms with Gasteiger partial charge in [-0.15, -0.1) is 0 Å². The molecule has 3 heterocycles. The van der Waals surface area contributed by atoms with Gasteiger partial charge in [-0.05, 0) is 44.3 Å². The van der Waals surface area contributed by atoms with E-state index >= 15 is 0 Å². The van der Waals surface area contributed by atoms with Gasteiger partial charge in [-0.25, -0.2) is 5.10 Å². The van der Waals surface area contributed by atoms with Crippen molar-refractivity contribution >= 4 is 18.4 Å². The summed E-state index contributed by atoms with van der Waals surface area (Å²) in [5.74, 6) is 2.01. The molecule has 0 aliphatic carbocycles. The van der Waals surface area contributed by atoms with Crippen LogP contribution >= 0.6 is 12.2 Å². The number of hydrogen-bond acceptors (Lipinski definition) is 5. The van der Waals surface area contributed by atoms with Crippen molar-refractivity contribution in [2.75, 3.05) is 0 Å². The predicted octanol–water partition coefficient (Wildman–Crippen LogP) is 2.42. The summed E-state index contributed by atoms with van der Waals surface area (Å²) in [6.45, 7) is 3.79. The van der Waals surface area contributed by atoms with Crippen molar-refractivity contribution in [3.63, 3.8) is 0 Å². The molecule has 0 radical (unpaired) electrons. The summed E-state index contributed by atoms with van der Waals surface area (Å²) in [6, 6.07) is 5.57. The summed E-state index contributed by atoms with van der Waals surface area (Å²) in [5, 5.41) is 18.1. The number of rotatable bonds is 3. The van der Waals surface area contributed by atoms with Crippen molar-refractivity contribution < 1.29 is 4.42 Å². The van der Waals surface area contributed by atoms with Crippen LogP contribution in [0.3, 0.4) is 0 Å². The zero-order chi connectivity index (χ0) is 14.1. The Hall–Kier alpha value is -2.48. The van der Waals surface area contributed by atoms with Gasteiger partial charge in [-0.1, -0.05) is 0 Å². The fraction of sp³-hybridized carbons (Fsp3) is 0.167. The van der Waals surface area contributed by atoms with Crippen molar-refractivity contribution in [3.8, 4) is 11.5 Å². The van der Waals surface area contributed by atoms with Crippen LogP contribution in [0.15, 0.2) is 27.7 Å². The summed E-state index contributed by atoms with van der Waals surface area (Å²) in [7, 11) is 0. The predicted molar refractivity (Wildman–Crippen MR) is 76.2 cm³/mol. The van der Waals surface area contributed by atoms with Crippen LogP contribution < -0.4 is 0 Å². The van der Waals surface area contributed by atoms with Crippen LogP contribution in [0.25, 0.3) is 11.5 Å². The summed E-state index contributed by atoms with van der Waals surface area (Å²) in [4.78, 5) is 0. The van der Waals surface area contributed by atoms with Gasteiger partial charge in [-0.2, -0.15) is 20.0 Å². The quantitative estimate of drug-likeness (QED) is 0.572. The van der Waals surface area contributed by atoms with E-state index in [1.165, 1.54) is 4.68 Å². The van der Waals surface area contributed by atoms with Gasteiger partial charge in [0.15, 0.2) is 0 Å². The Labute approximate surface area is 119 Å². The zero-order valence-electron chi connectivity index (χ0n) is 10.9. The van der Waals surface area contributed by atoms with E-state index < -0.39 is 0 Å². The average Bonchev–Trinajstić information content (AvgIpc) is 3.09. The van der Waals surface area contributed by atoms with Crippen LogP contribution in [0.5, 0.6) is 0 Å². The summed E-state index contributed by atoms with van der Waals surface area (Å²) < 4.78 is 7.31. The fourth-order valence-corrected chi connectivity index (χ4v) is 1.91. The first-order chi connectivity index (χ1) is 9.63. The van der Waals surface area contributed by atoms with Crippen molar-refractivity contribution in [3.05, 3.63) is 40.2 Å². The van der Waals surface area contributed by atoms with Crippen LogP contribution in [0.2, 0.25) is 0 Å². The highest BCUT2D eigenvalue weighted by atomic mass is 32.1. The van der Waals surface area contributed by atoms with E-state index in [9.17, 15) is 0 Å². The maximum Gasteiger partial charge on any atom is 0.216 e. The highest BCUT2D eigenvalue weighted by Gasteiger charge is 2.11. The smallest absolute Gasteiger partial charge is 0.216 e. The minimum absolute atomic E-state index is 0.389. The number of aromatic nitrogens is 5. The first-order valence-corrected chi connectivity index (χ1v) is 6.35. The monoisotopic (exact) mass is 288 g/mol. The highest BCUT2D eigenvalue weighted by Crippen LogP contribution is 2.15. The number of nitrogens with one attached hydrogen (secondary N) is 2. The van der Waals surface area contributed by atoms with Crippen molar-refractivity contribution in [2.24, 2.45) is 5.10 Å². The molecule has 0 atom stereocenters. The van der Waals surface area contributed by atoms with Crippen LogP contribution in [0, 0.1) is 18.6 Å². The van der Waals surface area contributed by atoms with Crippen LogP contribution in [0.1, 0.15) is 17.2 Å². The number of H-pyrrole nitrogens is 2. The lowest BCUT2D eigenvalue weighted by Crippen LogP contribution is -1.94. The Morgan fingerprint density at radius 1 is 1.30 bits per heavy atom. The average molecular weight is 288 g/mol. The molecule has 8 heteroatoms. The molecule has 0 aliphatic rings. The van der Waals surface area contributed by atoms with Gasteiger partial charge in [0.25, 0.3) is 0 Å². The Kier molecular flexibility index (Phi) is 3.07. The second-order valence-electron chi connectivity index (χ2n) is 4.29. The van der Waals surface area contributed by atoms with Gasteiger partial charge in [0, 0.05) is 5.69 Å². The standard InChI is InChI=1S/C12H12N6OS/c1-7-5-10(15-14-7)11-16-17-12(20)18(11)13-6-9-4-3-8(2)19-9/h3-6H,1-2H3,(H,14,15)(H,17,20)/b13-6-. The van der Waals surface area contributed by atoms with Crippen LogP contribution in [0.4, 0.5) is 0 Å². The Morgan fingerprint density at radius 3 is 2.80 bits per heavy atom. The molecule has 0 unspecified atom stereocenters. The topological polar surface area (TPSA) is 87.8 Å². The summed E-state index contributed by atoms with van der Waals surface area (Å²) in [6.07, 6.45) is 1.58. The van der Waals surface area contributed by atoms with E-state index in [1.807, 2.05) is 32.0 Å². The maximum absolute atomic E-state index is 5.42. The van der Waals surface area contributed by atoms with E-state index in [4.69, 9.17) is 16.6 Å². The summed E-state index contributed by atoms with van der Waals surface area (Å²) in [5.41, 5.74) is 1.61. The molecule has 0 bridgehead atoms. The van der Waals surface area contributed by atoms with Crippen molar-refractivity contribution in [1.29, 1.82) is 0 Å². The van der Waals surface area contributed by atoms with Gasteiger partial charge < -0.3 is 4.42 Å². The minimum Gasteiger partial charge on any atom is -0.460 e. The first-order valence-electron chi connectivity index (χ1n) is 5.94. The Morgan fingerprint density at radius 2 is 2.15 bits per heavy atom. The van der Waals surface area contributed by atoms with E-state index in [-0.39, 0.29) is 0 Å². The second-order valence-corrected chi connectivity index (χ2v) is 4.68. The van der Waals surface area contributed by atoms with E-state index in [0.29, 0.717) is 22.0 Å². The molecule has 20 heavy (non-hydrogen) atoms. The molecule has 0 spiro atoms. The molecule has 0 aliphatic heterocycles. The molecule has 0 fully saturated rings. The molecule has 102 valence electrons. The van der Waals surface area contributed by atoms with E-state index in [0.717, 1.165) is 11.5 Å². The largest absolute Gasteiger partial charge is 0.460 e. The third-order valence-corrected chi connectivity index (χ3v) is 2.91. The molecule has 2 N–H and O–H groups in total.